The van der Waals surface area contributed by atoms with E-state index in [0.29, 0.717) is 24.6 Å². The highest BCUT2D eigenvalue weighted by atomic mass is 19.4. The fraction of sp³-hybridized carbons (Fsp3) is 0.412. The lowest BCUT2D eigenvalue weighted by atomic mass is 10.1. The molecule has 0 saturated carbocycles. The van der Waals surface area contributed by atoms with E-state index in [-0.39, 0.29) is 6.61 Å². The van der Waals surface area contributed by atoms with Crippen molar-refractivity contribution in [1.29, 1.82) is 0 Å². The van der Waals surface area contributed by atoms with Gasteiger partial charge in [0.05, 0.1) is 12.9 Å². The number of nitrogens with zero attached hydrogens (tertiary/aromatic N) is 3. The SMILES string of the molecule is CN=C(NCCn1ccnc1)NCc1ccc(COCC(F)(F)F)cc1. The van der Waals surface area contributed by atoms with Crippen molar-refractivity contribution in [3.63, 3.8) is 0 Å². The van der Waals surface area contributed by atoms with Crippen molar-refractivity contribution in [2.45, 2.75) is 25.9 Å². The number of alkyl halides is 3. The average Bonchev–Trinajstić information content (AvgIpc) is 3.11. The van der Waals surface area contributed by atoms with Crippen LogP contribution in [0.5, 0.6) is 0 Å². The average molecular weight is 369 g/mol. The van der Waals surface area contributed by atoms with E-state index in [0.717, 1.165) is 12.1 Å². The summed E-state index contributed by atoms with van der Waals surface area (Å²) in [5.41, 5.74) is 1.68. The highest BCUT2D eigenvalue weighted by Crippen LogP contribution is 2.15. The Bertz CT molecular complexity index is 669. The minimum Gasteiger partial charge on any atom is -0.367 e. The fourth-order valence-electron chi connectivity index (χ4n) is 2.17. The molecule has 6 nitrogen and oxygen atoms in total. The minimum absolute atomic E-state index is 0.0648. The zero-order chi connectivity index (χ0) is 18.8. The van der Waals surface area contributed by atoms with Gasteiger partial charge in [-0.1, -0.05) is 24.3 Å². The summed E-state index contributed by atoms with van der Waals surface area (Å²) in [5.74, 6) is 0.669. The van der Waals surface area contributed by atoms with Crippen LogP contribution >= 0.6 is 0 Å². The van der Waals surface area contributed by atoms with E-state index in [1.54, 1.807) is 31.7 Å². The first-order chi connectivity index (χ1) is 12.5. The molecule has 0 atom stereocenters. The van der Waals surface area contributed by atoms with E-state index in [1.807, 2.05) is 22.9 Å². The first-order valence-corrected chi connectivity index (χ1v) is 8.09. The van der Waals surface area contributed by atoms with Gasteiger partial charge in [-0.05, 0) is 11.1 Å². The van der Waals surface area contributed by atoms with Crippen LogP contribution in [0.15, 0.2) is 48.0 Å². The highest BCUT2D eigenvalue weighted by Gasteiger charge is 2.27. The standard InChI is InChI=1S/C17H22F3N5O/c1-21-16(23-7-9-25-8-6-22-13-25)24-10-14-2-4-15(5-3-14)11-26-12-17(18,19)20/h2-6,8,13H,7,9-12H2,1H3,(H2,21,23,24). The first kappa shape index (κ1) is 19.8. The minimum atomic E-state index is -4.30. The molecule has 0 aliphatic heterocycles. The molecule has 0 spiro atoms. The molecule has 1 aromatic carbocycles. The number of nitrogens with one attached hydrogen (secondary N) is 2. The Kier molecular flexibility index (Phi) is 7.46. The molecular weight excluding hydrogens is 347 g/mol. The van der Waals surface area contributed by atoms with Crippen LogP contribution in [-0.2, 0) is 24.4 Å². The Labute approximate surface area is 150 Å². The van der Waals surface area contributed by atoms with Gasteiger partial charge in [0.1, 0.15) is 6.61 Å². The normalized spacial score (nSPS) is 12.2. The Hall–Kier alpha value is -2.55. The molecule has 0 unspecified atom stereocenters. The second kappa shape index (κ2) is 9.81. The lowest BCUT2D eigenvalue weighted by Crippen LogP contribution is -2.38. The van der Waals surface area contributed by atoms with Crippen LogP contribution in [0.4, 0.5) is 13.2 Å². The Morgan fingerprint density at radius 1 is 1.19 bits per heavy atom. The predicted octanol–water partition coefficient (Wildman–Crippen LogP) is 2.33. The largest absolute Gasteiger partial charge is 0.411 e. The second-order valence-electron chi connectivity index (χ2n) is 5.58. The monoisotopic (exact) mass is 369 g/mol. The number of aliphatic imine (C=N–C) groups is 1. The second-order valence-corrected chi connectivity index (χ2v) is 5.58. The van der Waals surface area contributed by atoms with Crippen LogP contribution in [0.25, 0.3) is 0 Å². The van der Waals surface area contributed by atoms with Crippen LogP contribution < -0.4 is 10.6 Å². The summed E-state index contributed by atoms with van der Waals surface area (Å²) in [4.78, 5) is 8.12. The fourth-order valence-corrected chi connectivity index (χ4v) is 2.17. The van der Waals surface area contributed by atoms with Crippen LogP contribution in [0.3, 0.4) is 0 Å². The molecule has 0 aliphatic carbocycles. The van der Waals surface area contributed by atoms with Gasteiger partial charge in [0.2, 0.25) is 0 Å². The van der Waals surface area contributed by atoms with E-state index in [4.69, 9.17) is 0 Å². The summed E-state index contributed by atoms with van der Waals surface area (Å²) in [5, 5.41) is 6.38. The van der Waals surface area contributed by atoms with Crippen molar-refractivity contribution in [1.82, 2.24) is 20.2 Å². The molecule has 1 aromatic heterocycles. The van der Waals surface area contributed by atoms with E-state index >= 15 is 0 Å². The quantitative estimate of drug-likeness (QED) is 0.554. The molecule has 0 saturated heterocycles. The van der Waals surface area contributed by atoms with Gasteiger partial charge < -0.3 is 19.9 Å². The number of benzene rings is 1. The van der Waals surface area contributed by atoms with Crippen molar-refractivity contribution in [3.8, 4) is 0 Å². The van der Waals surface area contributed by atoms with Gasteiger partial charge in [0.25, 0.3) is 0 Å². The molecule has 1 heterocycles. The van der Waals surface area contributed by atoms with Crippen LogP contribution in [-0.4, -0.2) is 41.9 Å². The van der Waals surface area contributed by atoms with Gasteiger partial charge in [0, 0.05) is 39.1 Å². The number of hydrogen-bond acceptors (Lipinski definition) is 3. The maximum Gasteiger partial charge on any atom is 0.411 e. The maximum absolute atomic E-state index is 12.0. The van der Waals surface area contributed by atoms with E-state index in [9.17, 15) is 13.2 Å². The summed E-state index contributed by atoms with van der Waals surface area (Å²) < 4.78 is 42.7. The number of halogens is 3. The Morgan fingerprint density at radius 3 is 2.54 bits per heavy atom. The molecule has 26 heavy (non-hydrogen) atoms. The number of rotatable bonds is 8. The topological polar surface area (TPSA) is 63.5 Å². The summed E-state index contributed by atoms with van der Waals surface area (Å²) in [7, 11) is 1.69. The van der Waals surface area contributed by atoms with Crippen molar-refractivity contribution < 1.29 is 17.9 Å². The van der Waals surface area contributed by atoms with Gasteiger partial charge in [-0.3, -0.25) is 4.99 Å². The van der Waals surface area contributed by atoms with Crippen molar-refractivity contribution >= 4 is 5.96 Å². The molecule has 0 radical (unpaired) electrons. The Balaban J connectivity index is 1.70. The number of aromatic nitrogens is 2. The van der Waals surface area contributed by atoms with Gasteiger partial charge in [-0.15, -0.1) is 0 Å². The third-order valence-electron chi connectivity index (χ3n) is 3.46. The molecular formula is C17H22F3N5O. The summed E-state index contributed by atoms with van der Waals surface area (Å²) in [6, 6.07) is 7.20. The Morgan fingerprint density at radius 2 is 1.92 bits per heavy atom. The van der Waals surface area contributed by atoms with Gasteiger partial charge >= 0.3 is 6.18 Å². The molecule has 2 aromatic rings. The molecule has 0 aliphatic rings. The molecule has 9 heteroatoms. The number of hydrogen-bond donors (Lipinski definition) is 2. The molecule has 0 fully saturated rings. The molecule has 142 valence electrons. The first-order valence-electron chi connectivity index (χ1n) is 8.09. The van der Waals surface area contributed by atoms with E-state index in [1.165, 1.54) is 0 Å². The third-order valence-corrected chi connectivity index (χ3v) is 3.46. The van der Waals surface area contributed by atoms with Gasteiger partial charge in [-0.2, -0.15) is 13.2 Å². The number of guanidine groups is 1. The maximum atomic E-state index is 12.0. The summed E-state index contributed by atoms with van der Waals surface area (Å²) in [6.45, 7) is 0.718. The molecule has 0 amide bonds. The van der Waals surface area contributed by atoms with Crippen LogP contribution in [0.2, 0.25) is 0 Å². The molecule has 2 rings (SSSR count). The van der Waals surface area contributed by atoms with Crippen molar-refractivity contribution in [3.05, 3.63) is 54.1 Å². The third kappa shape index (κ3) is 7.56. The smallest absolute Gasteiger partial charge is 0.367 e. The van der Waals surface area contributed by atoms with Crippen LogP contribution in [0, 0.1) is 0 Å². The molecule has 0 bridgehead atoms. The summed E-state index contributed by atoms with van der Waals surface area (Å²) in [6.07, 6.45) is 1.06. The van der Waals surface area contributed by atoms with E-state index in [2.05, 4.69) is 25.3 Å². The number of ether oxygens (including phenoxy) is 1. The van der Waals surface area contributed by atoms with E-state index < -0.39 is 12.8 Å². The zero-order valence-electron chi connectivity index (χ0n) is 14.5. The van der Waals surface area contributed by atoms with Crippen molar-refractivity contribution in [2.75, 3.05) is 20.2 Å². The van der Waals surface area contributed by atoms with Crippen LogP contribution in [0.1, 0.15) is 11.1 Å². The summed E-state index contributed by atoms with van der Waals surface area (Å²) >= 11 is 0. The highest BCUT2D eigenvalue weighted by molar-refractivity contribution is 5.79. The van der Waals surface area contributed by atoms with Crippen molar-refractivity contribution in [2.24, 2.45) is 4.99 Å². The van der Waals surface area contributed by atoms with Gasteiger partial charge in [0.15, 0.2) is 5.96 Å². The predicted molar refractivity (Wildman–Crippen MR) is 92.6 cm³/mol. The molecule has 2 N–H and O–H groups in total. The number of imidazole rings is 1. The zero-order valence-corrected chi connectivity index (χ0v) is 14.5. The lowest BCUT2D eigenvalue weighted by molar-refractivity contribution is -0.176. The lowest BCUT2D eigenvalue weighted by Gasteiger charge is -2.12. The van der Waals surface area contributed by atoms with Gasteiger partial charge in [-0.25, -0.2) is 4.98 Å².